The van der Waals surface area contributed by atoms with Crippen LogP contribution in [0, 0.1) is 10.1 Å². The number of nitro benzene ring substituents is 1. The fourth-order valence-electron chi connectivity index (χ4n) is 2.71. The van der Waals surface area contributed by atoms with E-state index in [0.717, 1.165) is 25.9 Å². The number of rotatable bonds is 6. The second kappa shape index (κ2) is 9.44. The van der Waals surface area contributed by atoms with E-state index in [1.807, 2.05) is 7.05 Å². The summed E-state index contributed by atoms with van der Waals surface area (Å²) < 4.78 is 0. The molecule has 1 amide bonds. The lowest BCUT2D eigenvalue weighted by molar-refractivity contribution is -0.383. The Morgan fingerprint density at radius 3 is 2.87 bits per heavy atom. The summed E-state index contributed by atoms with van der Waals surface area (Å²) in [7, 11) is 1.95. The number of carbonyl (C=O) groups excluding carboxylic acids is 1. The second-order valence-electron chi connectivity index (χ2n) is 5.50. The third kappa shape index (κ3) is 5.78. The van der Waals surface area contributed by atoms with Gasteiger partial charge < -0.3 is 15.5 Å². The minimum absolute atomic E-state index is 0. The van der Waals surface area contributed by atoms with Gasteiger partial charge in [-0.15, -0.1) is 12.4 Å². The number of likely N-dealkylation sites (N-methyl/N-ethyl adjacent to an activating group) is 1. The number of nitrogens with zero attached hydrogens (tertiary/aromatic N) is 2. The quantitative estimate of drug-likeness (QED) is 0.610. The van der Waals surface area contributed by atoms with E-state index in [1.54, 1.807) is 18.2 Å². The van der Waals surface area contributed by atoms with Crippen LogP contribution in [-0.4, -0.2) is 48.5 Å². The molecule has 7 nitrogen and oxygen atoms in total. The fourth-order valence-corrected chi connectivity index (χ4v) is 2.71. The van der Waals surface area contributed by atoms with Gasteiger partial charge in [-0.05, 0) is 32.5 Å². The highest BCUT2D eigenvalue weighted by Crippen LogP contribution is 2.23. The summed E-state index contributed by atoms with van der Waals surface area (Å²) in [6.07, 6.45) is 2.62. The predicted molar refractivity (Wildman–Crippen MR) is 92.1 cm³/mol. The number of carbonyl (C=O) groups is 1. The Hall–Kier alpha value is -1.70. The topological polar surface area (TPSA) is 87.5 Å². The van der Waals surface area contributed by atoms with Crippen molar-refractivity contribution in [3.63, 3.8) is 0 Å². The molecule has 128 valence electrons. The van der Waals surface area contributed by atoms with Crippen molar-refractivity contribution >= 4 is 29.7 Å². The summed E-state index contributed by atoms with van der Waals surface area (Å²) in [5, 5.41) is 16.8. The van der Waals surface area contributed by atoms with E-state index in [4.69, 9.17) is 0 Å². The molecule has 1 heterocycles. The normalized spacial score (nSPS) is 18.0. The second-order valence-corrected chi connectivity index (χ2v) is 5.50. The van der Waals surface area contributed by atoms with Gasteiger partial charge in [-0.3, -0.25) is 14.9 Å². The van der Waals surface area contributed by atoms with Crippen LogP contribution < -0.4 is 10.6 Å². The number of nitro groups is 1. The maximum absolute atomic E-state index is 12.0. The third-order valence-corrected chi connectivity index (χ3v) is 3.94. The number of hydrogen-bond acceptors (Lipinski definition) is 5. The zero-order valence-corrected chi connectivity index (χ0v) is 14.0. The molecule has 1 saturated heterocycles. The van der Waals surface area contributed by atoms with Crippen molar-refractivity contribution in [3.8, 4) is 0 Å². The van der Waals surface area contributed by atoms with Gasteiger partial charge >= 0.3 is 0 Å². The summed E-state index contributed by atoms with van der Waals surface area (Å²) in [5.74, 6) is -0.194. The van der Waals surface area contributed by atoms with Crippen LogP contribution in [0.2, 0.25) is 0 Å². The Kier molecular flexibility index (Phi) is 7.94. The lowest BCUT2D eigenvalue weighted by Gasteiger charge is -2.32. The summed E-state index contributed by atoms with van der Waals surface area (Å²) in [5.41, 5.74) is 0.174. The van der Waals surface area contributed by atoms with Gasteiger partial charge in [0.15, 0.2) is 0 Å². The van der Waals surface area contributed by atoms with Crippen LogP contribution in [0.1, 0.15) is 19.3 Å². The number of benzene rings is 1. The number of nitrogens with one attached hydrogen (secondary N) is 2. The monoisotopic (exact) mass is 342 g/mol. The summed E-state index contributed by atoms with van der Waals surface area (Å²) in [6.45, 7) is 2.61. The van der Waals surface area contributed by atoms with Crippen LogP contribution in [0.15, 0.2) is 24.3 Å². The Bertz CT molecular complexity index is 541. The molecular weight excluding hydrogens is 320 g/mol. The van der Waals surface area contributed by atoms with Crippen molar-refractivity contribution < 1.29 is 9.72 Å². The SMILES string of the molecule is CNC1CCCN(CCC(=O)Nc2ccccc2[N+](=O)[O-])C1.Cl. The van der Waals surface area contributed by atoms with E-state index in [0.29, 0.717) is 19.0 Å². The molecule has 1 aromatic carbocycles. The first-order chi connectivity index (χ1) is 10.6. The van der Waals surface area contributed by atoms with Gasteiger partial charge in [0.05, 0.1) is 4.92 Å². The molecule has 0 bridgehead atoms. The molecule has 0 aliphatic carbocycles. The van der Waals surface area contributed by atoms with Crippen LogP contribution in [0.5, 0.6) is 0 Å². The lowest BCUT2D eigenvalue weighted by Crippen LogP contribution is -2.45. The smallest absolute Gasteiger partial charge is 0.292 e. The fraction of sp³-hybridized carbons (Fsp3) is 0.533. The highest BCUT2D eigenvalue weighted by Gasteiger charge is 2.19. The van der Waals surface area contributed by atoms with Crippen molar-refractivity contribution in [1.82, 2.24) is 10.2 Å². The zero-order valence-electron chi connectivity index (χ0n) is 13.2. The van der Waals surface area contributed by atoms with Crippen LogP contribution in [0.25, 0.3) is 0 Å². The Morgan fingerprint density at radius 2 is 2.17 bits per heavy atom. The van der Waals surface area contributed by atoms with Gasteiger partial charge in [-0.2, -0.15) is 0 Å². The van der Waals surface area contributed by atoms with Crippen molar-refractivity contribution in [2.45, 2.75) is 25.3 Å². The van der Waals surface area contributed by atoms with Crippen LogP contribution >= 0.6 is 12.4 Å². The van der Waals surface area contributed by atoms with Crippen LogP contribution in [0.4, 0.5) is 11.4 Å². The summed E-state index contributed by atoms with van der Waals surface area (Å²) >= 11 is 0. The van der Waals surface area contributed by atoms with E-state index in [2.05, 4.69) is 15.5 Å². The van der Waals surface area contributed by atoms with E-state index in [1.165, 1.54) is 6.07 Å². The molecule has 0 radical (unpaired) electrons. The largest absolute Gasteiger partial charge is 0.320 e. The van der Waals surface area contributed by atoms with E-state index < -0.39 is 4.92 Å². The van der Waals surface area contributed by atoms with Crippen LogP contribution in [-0.2, 0) is 4.79 Å². The number of halogens is 1. The minimum Gasteiger partial charge on any atom is -0.320 e. The molecule has 0 saturated carbocycles. The van der Waals surface area contributed by atoms with Crippen molar-refractivity contribution in [1.29, 1.82) is 0 Å². The molecule has 0 spiro atoms. The summed E-state index contributed by atoms with van der Waals surface area (Å²) in [4.78, 5) is 24.7. The summed E-state index contributed by atoms with van der Waals surface area (Å²) in [6, 6.07) is 6.67. The van der Waals surface area contributed by atoms with Crippen LogP contribution in [0.3, 0.4) is 0 Å². The number of anilines is 1. The average Bonchev–Trinajstić information content (AvgIpc) is 2.53. The highest BCUT2D eigenvalue weighted by atomic mass is 35.5. The molecule has 8 heteroatoms. The Morgan fingerprint density at radius 1 is 1.43 bits per heavy atom. The maximum atomic E-state index is 12.0. The minimum atomic E-state index is -0.488. The number of hydrogen-bond donors (Lipinski definition) is 2. The Balaban J connectivity index is 0.00000264. The maximum Gasteiger partial charge on any atom is 0.292 e. The van der Waals surface area contributed by atoms with Gasteiger partial charge in [0, 0.05) is 31.6 Å². The average molecular weight is 343 g/mol. The Labute approximate surface area is 142 Å². The molecule has 1 atom stereocenters. The first kappa shape index (κ1) is 19.3. The van der Waals surface area contributed by atoms with Gasteiger partial charge in [0.2, 0.25) is 5.91 Å². The van der Waals surface area contributed by atoms with Crippen molar-refractivity contribution in [2.75, 3.05) is 32.0 Å². The predicted octanol–water partition coefficient (Wildman–Crippen LogP) is 2.03. The number of amides is 1. The number of likely N-dealkylation sites (tertiary alicyclic amines) is 1. The molecule has 23 heavy (non-hydrogen) atoms. The molecule has 1 unspecified atom stereocenters. The van der Waals surface area contributed by atoms with Gasteiger partial charge in [0.25, 0.3) is 5.69 Å². The third-order valence-electron chi connectivity index (χ3n) is 3.94. The van der Waals surface area contributed by atoms with E-state index in [9.17, 15) is 14.9 Å². The van der Waals surface area contributed by atoms with Gasteiger partial charge in [-0.25, -0.2) is 0 Å². The highest BCUT2D eigenvalue weighted by molar-refractivity contribution is 5.93. The van der Waals surface area contributed by atoms with Crippen molar-refractivity contribution in [2.24, 2.45) is 0 Å². The first-order valence-corrected chi connectivity index (χ1v) is 7.53. The molecule has 1 aromatic rings. The van der Waals surface area contributed by atoms with E-state index >= 15 is 0 Å². The lowest BCUT2D eigenvalue weighted by atomic mass is 10.1. The van der Waals surface area contributed by atoms with E-state index in [-0.39, 0.29) is 29.7 Å². The number of para-hydroxylation sites is 2. The molecule has 2 rings (SSSR count). The number of piperidine rings is 1. The standard InChI is InChI=1S/C15H22N4O3.ClH/c1-16-12-5-4-9-18(11-12)10-8-15(20)17-13-6-2-3-7-14(13)19(21)22;/h2-3,6-7,12,16H,4-5,8-11H2,1H3,(H,17,20);1H. The molecule has 1 fully saturated rings. The first-order valence-electron chi connectivity index (χ1n) is 7.53. The van der Waals surface area contributed by atoms with Gasteiger partial charge in [0.1, 0.15) is 5.69 Å². The van der Waals surface area contributed by atoms with Gasteiger partial charge in [-0.1, -0.05) is 12.1 Å². The molecule has 1 aliphatic heterocycles. The molecule has 0 aromatic heterocycles. The molecule has 2 N–H and O–H groups in total. The zero-order chi connectivity index (χ0) is 15.9. The van der Waals surface area contributed by atoms with Crippen molar-refractivity contribution in [3.05, 3.63) is 34.4 Å². The molecular formula is C15H23ClN4O3. The molecule has 1 aliphatic rings.